The minimum atomic E-state index is 0.0394. The van der Waals surface area contributed by atoms with Gasteiger partial charge in [0.15, 0.2) is 23.0 Å². The number of halogens is 1. The predicted octanol–water partition coefficient (Wildman–Crippen LogP) is 1.36. The maximum Gasteiger partial charge on any atom is 0.283 e. The fourth-order valence-electron chi connectivity index (χ4n) is 0.398. The molecule has 1 rings (SSSR count). The van der Waals surface area contributed by atoms with Gasteiger partial charge in [0, 0.05) is 6.20 Å². The molecule has 0 aliphatic carbocycles. The molecule has 0 saturated carbocycles. The number of thiazole rings is 1. The lowest BCUT2D eigenvalue weighted by molar-refractivity contribution is 0.285. The molecule has 3 nitrogen and oxygen atoms in total. The third kappa shape index (κ3) is 1.77. The van der Waals surface area contributed by atoms with E-state index in [2.05, 4.69) is 4.98 Å². The van der Waals surface area contributed by atoms with Gasteiger partial charge >= 0.3 is 0 Å². The number of aromatic nitrogens is 1. The molecule has 0 aromatic carbocycles. The molecule has 1 N–H and O–H groups in total. The van der Waals surface area contributed by atoms with Gasteiger partial charge in [-0.2, -0.15) is 0 Å². The van der Waals surface area contributed by atoms with Crippen LogP contribution in [-0.2, 0) is 6.61 Å². The van der Waals surface area contributed by atoms with Crippen LogP contribution in [-0.4, -0.2) is 10.1 Å². The molecule has 1 aromatic heterocycles. The van der Waals surface area contributed by atoms with Crippen LogP contribution in [0.2, 0.25) is 0 Å². The van der Waals surface area contributed by atoms with E-state index in [4.69, 9.17) is 8.17 Å². The fraction of sp³-hybridized carbons (Fsp3) is 0.250. The molecule has 0 unspecified atom stereocenters. The van der Waals surface area contributed by atoms with Crippen LogP contribution in [0, 0.1) is 0 Å². The van der Waals surface area contributed by atoms with Crippen LogP contribution in [0.4, 0.5) is 0 Å². The third-order valence-corrected chi connectivity index (χ3v) is 2.33. The van der Waals surface area contributed by atoms with E-state index in [-0.39, 0.29) is 6.61 Å². The smallest absolute Gasteiger partial charge is 0.283 e. The number of rotatable bonds is 2. The molecule has 0 aliphatic rings. The zero-order valence-corrected chi connectivity index (χ0v) is 7.35. The molecule has 0 atom stereocenters. The van der Waals surface area contributed by atoms with Crippen molar-refractivity contribution >= 4 is 34.3 Å². The molecule has 1 heterocycles. The third-order valence-electron chi connectivity index (χ3n) is 0.754. The average molecular weight is 257 g/mol. The van der Waals surface area contributed by atoms with Crippen LogP contribution in [0.15, 0.2) is 6.20 Å². The highest BCUT2D eigenvalue weighted by atomic mass is 127. The summed E-state index contributed by atoms with van der Waals surface area (Å²) in [6.07, 6.45) is 1.60. The maximum atomic E-state index is 8.56. The second-order valence-corrected chi connectivity index (χ2v) is 2.85. The first-order valence-electron chi connectivity index (χ1n) is 2.21. The fourth-order valence-corrected chi connectivity index (χ4v) is 1.31. The lowest BCUT2D eigenvalue weighted by atomic mass is 10.6. The van der Waals surface area contributed by atoms with Crippen molar-refractivity contribution in [3.8, 4) is 5.19 Å². The maximum absolute atomic E-state index is 8.56. The molecule has 0 saturated heterocycles. The Bertz CT molecular complexity index is 172. The zero-order chi connectivity index (χ0) is 6.69. The molecule has 0 fully saturated rings. The Morgan fingerprint density at radius 2 is 2.67 bits per heavy atom. The number of aliphatic hydroxyl groups is 1. The molecule has 0 aliphatic heterocycles. The highest BCUT2D eigenvalue weighted by Crippen LogP contribution is 2.21. The Labute approximate surface area is 70.4 Å². The Kier molecular flexibility index (Phi) is 2.67. The molecule has 9 heavy (non-hydrogen) atoms. The standard InChI is InChI=1S/C4H4INO2S/c5-8-4-6-1-3(2-7)9-4/h1,7H,2H2. The van der Waals surface area contributed by atoms with E-state index in [1.807, 2.05) is 0 Å². The van der Waals surface area contributed by atoms with Crippen molar-refractivity contribution in [1.29, 1.82) is 0 Å². The summed E-state index contributed by atoms with van der Waals surface area (Å²) in [5.74, 6) is 0. The molecule has 0 bridgehead atoms. The number of hydrogen-bond acceptors (Lipinski definition) is 4. The van der Waals surface area contributed by atoms with Gasteiger partial charge in [-0.15, -0.1) is 0 Å². The van der Waals surface area contributed by atoms with Gasteiger partial charge in [-0.1, -0.05) is 11.3 Å². The molecule has 50 valence electrons. The normalized spacial score (nSPS) is 9.56. The molecule has 5 heteroatoms. The minimum absolute atomic E-state index is 0.0394. The van der Waals surface area contributed by atoms with Crippen molar-refractivity contribution in [3.63, 3.8) is 0 Å². The van der Waals surface area contributed by atoms with Gasteiger partial charge in [0.2, 0.25) is 0 Å². The van der Waals surface area contributed by atoms with Crippen LogP contribution in [0.1, 0.15) is 4.88 Å². The van der Waals surface area contributed by atoms with E-state index in [0.717, 1.165) is 4.88 Å². The zero-order valence-electron chi connectivity index (χ0n) is 4.37. The largest absolute Gasteiger partial charge is 0.399 e. The summed E-state index contributed by atoms with van der Waals surface area (Å²) < 4.78 is 4.76. The van der Waals surface area contributed by atoms with Crippen molar-refractivity contribution in [2.75, 3.05) is 0 Å². The van der Waals surface area contributed by atoms with Crippen molar-refractivity contribution in [3.05, 3.63) is 11.1 Å². The van der Waals surface area contributed by atoms with E-state index in [9.17, 15) is 0 Å². The summed E-state index contributed by atoms with van der Waals surface area (Å²) in [6.45, 7) is 0.0394. The number of hydrogen-bond donors (Lipinski definition) is 1. The summed E-state index contributed by atoms with van der Waals surface area (Å²) in [5, 5.41) is 9.14. The van der Waals surface area contributed by atoms with Gasteiger partial charge in [0.25, 0.3) is 5.19 Å². The van der Waals surface area contributed by atoms with Crippen LogP contribution in [0.3, 0.4) is 0 Å². The SMILES string of the molecule is OCc1cnc(OI)s1. The van der Waals surface area contributed by atoms with E-state index < -0.39 is 0 Å². The average Bonchev–Trinajstić information content (AvgIpc) is 2.34. The van der Waals surface area contributed by atoms with Gasteiger partial charge in [-0.05, 0) is 0 Å². The molecule has 0 amide bonds. The van der Waals surface area contributed by atoms with E-state index in [1.165, 1.54) is 11.3 Å². The minimum Gasteiger partial charge on any atom is -0.399 e. The highest BCUT2D eigenvalue weighted by molar-refractivity contribution is 14.1. The van der Waals surface area contributed by atoms with E-state index in [0.29, 0.717) is 5.19 Å². The summed E-state index contributed by atoms with van der Waals surface area (Å²) in [5.41, 5.74) is 0. The molecule has 1 aromatic rings. The van der Waals surface area contributed by atoms with Crippen LogP contribution >= 0.6 is 34.3 Å². The second kappa shape index (κ2) is 3.33. The van der Waals surface area contributed by atoms with Gasteiger partial charge in [-0.3, -0.25) is 0 Å². The van der Waals surface area contributed by atoms with Crippen molar-refractivity contribution in [2.45, 2.75) is 6.61 Å². The van der Waals surface area contributed by atoms with E-state index in [1.54, 1.807) is 29.2 Å². The number of nitrogens with zero attached hydrogens (tertiary/aromatic N) is 1. The first-order chi connectivity index (χ1) is 4.36. The Morgan fingerprint density at radius 3 is 3.00 bits per heavy atom. The lowest BCUT2D eigenvalue weighted by Gasteiger charge is -1.82. The topological polar surface area (TPSA) is 42.4 Å². The lowest BCUT2D eigenvalue weighted by Crippen LogP contribution is -1.70. The van der Waals surface area contributed by atoms with Crippen molar-refractivity contribution in [2.24, 2.45) is 0 Å². The quantitative estimate of drug-likeness (QED) is 0.813. The first kappa shape index (κ1) is 7.23. The summed E-state index contributed by atoms with van der Waals surface area (Å²) >= 11 is 3.09. The van der Waals surface area contributed by atoms with Gasteiger partial charge < -0.3 is 8.17 Å². The Morgan fingerprint density at radius 1 is 1.89 bits per heavy atom. The van der Waals surface area contributed by atoms with Gasteiger partial charge in [0.05, 0.1) is 11.5 Å². The molecular weight excluding hydrogens is 253 g/mol. The van der Waals surface area contributed by atoms with Crippen LogP contribution < -0.4 is 3.07 Å². The Balaban J connectivity index is 2.74. The van der Waals surface area contributed by atoms with Crippen molar-refractivity contribution < 1.29 is 8.17 Å². The van der Waals surface area contributed by atoms with E-state index >= 15 is 0 Å². The van der Waals surface area contributed by atoms with Crippen LogP contribution in [0.25, 0.3) is 0 Å². The first-order valence-corrected chi connectivity index (χ1v) is 3.90. The molecule has 0 radical (unpaired) electrons. The van der Waals surface area contributed by atoms with Crippen molar-refractivity contribution in [1.82, 2.24) is 4.98 Å². The summed E-state index contributed by atoms with van der Waals surface area (Å²) in [6, 6.07) is 0. The van der Waals surface area contributed by atoms with Crippen LogP contribution in [0.5, 0.6) is 5.19 Å². The monoisotopic (exact) mass is 257 g/mol. The van der Waals surface area contributed by atoms with Gasteiger partial charge in [0.1, 0.15) is 0 Å². The molecular formula is C4H4INO2S. The number of aliphatic hydroxyl groups excluding tert-OH is 1. The summed E-state index contributed by atoms with van der Waals surface area (Å²) in [7, 11) is 0. The highest BCUT2D eigenvalue weighted by Gasteiger charge is 1.98. The van der Waals surface area contributed by atoms with Gasteiger partial charge in [-0.25, -0.2) is 4.98 Å². The predicted molar refractivity (Wildman–Crippen MR) is 42.7 cm³/mol. The Hall–Kier alpha value is 0.120. The molecule has 0 spiro atoms. The second-order valence-electron chi connectivity index (χ2n) is 1.33. The summed E-state index contributed by atoms with van der Waals surface area (Å²) in [4.78, 5) is 4.66.